The summed E-state index contributed by atoms with van der Waals surface area (Å²) in [5.74, 6) is 0.0583. The Morgan fingerprint density at radius 1 is 1.31 bits per heavy atom. The van der Waals surface area contributed by atoms with Crippen LogP contribution in [-0.2, 0) is 16.0 Å². The highest BCUT2D eigenvalue weighted by Gasteiger charge is 2.45. The van der Waals surface area contributed by atoms with E-state index in [2.05, 4.69) is 4.90 Å². The van der Waals surface area contributed by atoms with E-state index >= 15 is 0 Å². The third-order valence-electron chi connectivity index (χ3n) is 5.32. The highest BCUT2D eigenvalue weighted by molar-refractivity contribution is 5.75. The Kier molecular flexibility index (Phi) is 7.09. The predicted molar refractivity (Wildman–Crippen MR) is 103 cm³/mol. The van der Waals surface area contributed by atoms with Gasteiger partial charge in [0.15, 0.2) is 6.10 Å². The number of carboxylic acids is 1. The molecule has 4 rings (SSSR count). The van der Waals surface area contributed by atoms with E-state index in [9.17, 15) is 9.90 Å². The van der Waals surface area contributed by atoms with Crippen LogP contribution < -0.4 is 4.74 Å². The summed E-state index contributed by atoms with van der Waals surface area (Å²) in [5, 5.41) is 20.0. The maximum absolute atomic E-state index is 11.2. The van der Waals surface area contributed by atoms with Gasteiger partial charge in [0.25, 0.3) is 0 Å². The summed E-state index contributed by atoms with van der Waals surface area (Å²) in [6.45, 7) is 5.29. The lowest BCUT2D eigenvalue weighted by molar-refractivity contribution is -0.149. The van der Waals surface area contributed by atoms with Crippen LogP contribution in [0.3, 0.4) is 0 Å². The van der Waals surface area contributed by atoms with Crippen molar-refractivity contribution in [2.45, 2.75) is 37.9 Å². The lowest BCUT2D eigenvalue weighted by Crippen LogP contribution is -2.61. The average molecular weight is 363 g/mol. The molecule has 26 heavy (non-hydrogen) atoms. The molecule has 0 amide bonds. The smallest absolute Gasteiger partial charge is 0.333 e. The van der Waals surface area contributed by atoms with E-state index in [4.69, 9.17) is 14.6 Å². The van der Waals surface area contributed by atoms with Crippen LogP contribution in [0.15, 0.2) is 24.3 Å². The summed E-state index contributed by atoms with van der Waals surface area (Å²) < 4.78 is 11.1. The molecule has 144 valence electrons. The van der Waals surface area contributed by atoms with E-state index in [1.54, 1.807) is 6.92 Å². The average Bonchev–Trinajstić information content (AvgIpc) is 2.61. The van der Waals surface area contributed by atoms with Gasteiger partial charge in [0.2, 0.25) is 0 Å². The third kappa shape index (κ3) is 4.78. The summed E-state index contributed by atoms with van der Waals surface area (Å²) in [5.41, 5.74) is 0.119. The number of aliphatic hydroxyl groups is 1. The van der Waals surface area contributed by atoms with Crippen molar-refractivity contribution in [1.82, 2.24) is 4.90 Å². The molecule has 0 aromatic heterocycles. The standard InChI is InChI=1S/C19H27NO5.BH3/c1-2-24-17(18(21)22)11-14-3-5-16(6-4-14)25-13-19(23)12-20-9-7-15(19)8-10-20;/h3-6,15,17,23H,2,7-13H2,1H3,(H,21,22);1H3. The maximum atomic E-state index is 11.2. The van der Waals surface area contributed by atoms with E-state index in [0.717, 1.165) is 31.5 Å². The fourth-order valence-electron chi connectivity index (χ4n) is 3.87. The second-order valence-electron chi connectivity index (χ2n) is 7.07. The van der Waals surface area contributed by atoms with Gasteiger partial charge in [-0.1, -0.05) is 12.1 Å². The van der Waals surface area contributed by atoms with Crippen LogP contribution in [0.2, 0.25) is 0 Å². The fourth-order valence-corrected chi connectivity index (χ4v) is 3.87. The van der Waals surface area contributed by atoms with Gasteiger partial charge in [-0.15, -0.1) is 0 Å². The van der Waals surface area contributed by atoms with Crippen molar-refractivity contribution in [2.24, 2.45) is 5.92 Å². The minimum absolute atomic E-state index is 0. The topological polar surface area (TPSA) is 79.2 Å². The Morgan fingerprint density at radius 3 is 2.46 bits per heavy atom. The van der Waals surface area contributed by atoms with Gasteiger partial charge in [-0.3, -0.25) is 0 Å². The third-order valence-corrected chi connectivity index (χ3v) is 5.32. The molecule has 2 bridgehead atoms. The predicted octanol–water partition coefficient (Wildman–Crippen LogP) is 0.370. The van der Waals surface area contributed by atoms with Crippen LogP contribution in [0.1, 0.15) is 25.3 Å². The van der Waals surface area contributed by atoms with E-state index in [0.29, 0.717) is 37.8 Å². The number of piperidine rings is 3. The molecule has 7 heteroatoms. The minimum Gasteiger partial charge on any atom is -0.491 e. The van der Waals surface area contributed by atoms with Crippen LogP contribution in [-0.4, -0.2) is 74.0 Å². The molecular formula is C19H30BNO5. The Morgan fingerprint density at radius 2 is 1.96 bits per heavy atom. The minimum atomic E-state index is -0.952. The van der Waals surface area contributed by atoms with E-state index in [1.165, 1.54) is 0 Å². The number of nitrogens with zero attached hydrogens (tertiary/aromatic N) is 1. The molecule has 3 aliphatic rings. The number of carbonyl (C=O) groups is 1. The molecule has 3 aliphatic heterocycles. The van der Waals surface area contributed by atoms with Crippen molar-refractivity contribution in [3.63, 3.8) is 0 Å². The molecule has 3 saturated heterocycles. The van der Waals surface area contributed by atoms with Crippen LogP contribution in [0, 0.1) is 5.92 Å². The molecule has 2 unspecified atom stereocenters. The van der Waals surface area contributed by atoms with Gasteiger partial charge in [-0.05, 0) is 56.5 Å². The van der Waals surface area contributed by atoms with Gasteiger partial charge >= 0.3 is 5.97 Å². The normalized spacial score (nSPS) is 28.2. The van der Waals surface area contributed by atoms with Crippen molar-refractivity contribution in [3.05, 3.63) is 29.8 Å². The lowest BCUT2D eigenvalue weighted by atomic mass is 9.76. The fraction of sp³-hybridized carbons (Fsp3) is 0.632. The zero-order valence-electron chi connectivity index (χ0n) is 14.7. The molecule has 0 spiro atoms. The Hall–Kier alpha value is -1.57. The molecule has 2 atom stereocenters. The Bertz CT molecular complexity index is 588. The summed E-state index contributed by atoms with van der Waals surface area (Å²) in [4.78, 5) is 13.5. The van der Waals surface area contributed by atoms with Crippen molar-refractivity contribution in [2.75, 3.05) is 32.8 Å². The SMILES string of the molecule is B.CCOC(Cc1ccc(OCC2(O)CN3CCC2CC3)cc1)C(=O)O. The highest BCUT2D eigenvalue weighted by Crippen LogP contribution is 2.36. The summed E-state index contributed by atoms with van der Waals surface area (Å²) >= 11 is 0. The van der Waals surface area contributed by atoms with Crippen LogP contribution in [0.5, 0.6) is 5.75 Å². The number of benzene rings is 1. The number of hydrogen-bond acceptors (Lipinski definition) is 5. The Balaban J connectivity index is 0.00000243. The molecule has 0 saturated carbocycles. The quantitative estimate of drug-likeness (QED) is 0.650. The van der Waals surface area contributed by atoms with Gasteiger partial charge in [-0.25, -0.2) is 4.79 Å². The van der Waals surface area contributed by atoms with Crippen LogP contribution in [0.4, 0.5) is 0 Å². The first-order valence-corrected chi connectivity index (χ1v) is 9.01. The van der Waals surface area contributed by atoms with Gasteiger partial charge in [0, 0.05) is 19.6 Å². The van der Waals surface area contributed by atoms with Gasteiger partial charge in [0.1, 0.15) is 18.0 Å². The summed E-state index contributed by atoms with van der Waals surface area (Å²) in [6, 6.07) is 7.35. The molecular weight excluding hydrogens is 333 g/mol. The van der Waals surface area contributed by atoms with E-state index in [-0.39, 0.29) is 8.41 Å². The van der Waals surface area contributed by atoms with Crippen molar-refractivity contribution < 1.29 is 24.5 Å². The van der Waals surface area contributed by atoms with E-state index < -0.39 is 17.7 Å². The number of rotatable bonds is 8. The van der Waals surface area contributed by atoms with Crippen LogP contribution in [0.25, 0.3) is 0 Å². The van der Waals surface area contributed by atoms with Crippen molar-refractivity contribution >= 4 is 14.4 Å². The van der Waals surface area contributed by atoms with Crippen molar-refractivity contribution in [1.29, 1.82) is 0 Å². The van der Waals surface area contributed by atoms with Gasteiger partial charge < -0.3 is 24.6 Å². The number of carboxylic acid groups (broad SMARTS) is 1. The summed E-state index contributed by atoms with van der Waals surface area (Å²) in [6.07, 6.45) is 1.56. The number of ether oxygens (including phenoxy) is 2. The first kappa shape index (κ1) is 20.7. The number of fused-ring (bicyclic) bond motifs is 3. The first-order chi connectivity index (χ1) is 12.0. The zero-order valence-corrected chi connectivity index (χ0v) is 14.7. The number of aliphatic carboxylic acids is 1. The van der Waals surface area contributed by atoms with Gasteiger partial charge in [0.05, 0.1) is 8.41 Å². The first-order valence-electron chi connectivity index (χ1n) is 9.01. The maximum Gasteiger partial charge on any atom is 0.333 e. The summed E-state index contributed by atoms with van der Waals surface area (Å²) in [7, 11) is 0. The second-order valence-corrected chi connectivity index (χ2v) is 7.07. The van der Waals surface area contributed by atoms with E-state index in [1.807, 2.05) is 24.3 Å². The largest absolute Gasteiger partial charge is 0.491 e. The molecule has 2 N–H and O–H groups in total. The monoisotopic (exact) mass is 363 g/mol. The lowest BCUT2D eigenvalue weighted by Gasteiger charge is -2.50. The molecule has 0 radical (unpaired) electrons. The molecule has 0 aliphatic carbocycles. The van der Waals surface area contributed by atoms with Crippen LogP contribution >= 0.6 is 0 Å². The highest BCUT2D eigenvalue weighted by atomic mass is 16.5. The molecule has 3 fully saturated rings. The molecule has 3 heterocycles. The Labute approximate surface area is 156 Å². The zero-order chi connectivity index (χ0) is 17.9. The molecule has 1 aromatic carbocycles. The van der Waals surface area contributed by atoms with Gasteiger partial charge in [-0.2, -0.15) is 0 Å². The second kappa shape index (κ2) is 8.89. The molecule has 1 aromatic rings. The number of hydrogen-bond donors (Lipinski definition) is 2. The van der Waals surface area contributed by atoms with Crippen molar-refractivity contribution in [3.8, 4) is 5.75 Å². The molecule has 6 nitrogen and oxygen atoms in total.